The van der Waals surface area contributed by atoms with E-state index in [0.29, 0.717) is 24.8 Å². The highest BCUT2D eigenvalue weighted by molar-refractivity contribution is 9.10. The first-order valence-corrected chi connectivity index (χ1v) is 12.1. The van der Waals surface area contributed by atoms with Gasteiger partial charge in [-0.3, -0.25) is 9.59 Å². The molecule has 4 aliphatic rings. The van der Waals surface area contributed by atoms with E-state index in [9.17, 15) is 29.0 Å². The molecule has 0 bridgehead atoms. The van der Waals surface area contributed by atoms with Crippen LogP contribution in [0.4, 0.5) is 4.39 Å². The van der Waals surface area contributed by atoms with Crippen molar-refractivity contribution >= 4 is 33.7 Å². The number of carbonyl (C=O) groups excluding carboxylic acids is 2. The summed E-state index contributed by atoms with van der Waals surface area (Å²) in [5.74, 6) is -4.05. The molecule has 4 aliphatic carbocycles. The summed E-state index contributed by atoms with van der Waals surface area (Å²) in [5.41, 5.74) is -3.31. The van der Waals surface area contributed by atoms with Crippen molar-refractivity contribution in [1.29, 1.82) is 0 Å². The van der Waals surface area contributed by atoms with Gasteiger partial charge in [-0.1, -0.05) is 49.7 Å². The van der Waals surface area contributed by atoms with Crippen molar-refractivity contribution in [2.24, 2.45) is 28.6 Å². The molecule has 0 radical (unpaired) electrons. The fraction of sp³-hybridized carbons (Fsp3) is 0.708. The Morgan fingerprint density at radius 1 is 1.31 bits per heavy atom. The van der Waals surface area contributed by atoms with Crippen LogP contribution in [0.1, 0.15) is 59.8 Å². The van der Waals surface area contributed by atoms with Crippen molar-refractivity contribution in [3.63, 3.8) is 0 Å². The number of ether oxygens (including phenoxy) is 1. The molecule has 0 aliphatic heterocycles. The van der Waals surface area contributed by atoms with E-state index in [1.54, 1.807) is 19.9 Å². The topological polar surface area (TPSA) is 101 Å². The Kier molecular flexibility index (Phi) is 5.33. The quantitative estimate of drug-likeness (QED) is 0.436. The van der Waals surface area contributed by atoms with Crippen LogP contribution in [0.25, 0.3) is 0 Å². The van der Waals surface area contributed by atoms with Gasteiger partial charge in [0.25, 0.3) is 0 Å². The van der Waals surface area contributed by atoms with Crippen molar-refractivity contribution in [3.8, 4) is 0 Å². The van der Waals surface area contributed by atoms with Crippen LogP contribution in [0, 0.1) is 28.6 Å². The van der Waals surface area contributed by atoms with Gasteiger partial charge in [-0.05, 0) is 49.2 Å². The van der Waals surface area contributed by atoms with Crippen molar-refractivity contribution in [1.82, 2.24) is 0 Å². The lowest BCUT2D eigenvalue weighted by atomic mass is 9.46. The number of aliphatic hydroxyl groups is 1. The molecule has 0 aromatic heterocycles. The fourth-order valence-electron chi connectivity index (χ4n) is 7.58. The first-order chi connectivity index (χ1) is 14.8. The van der Waals surface area contributed by atoms with Gasteiger partial charge in [-0.25, -0.2) is 9.18 Å². The van der Waals surface area contributed by atoms with E-state index < -0.39 is 56.3 Å². The zero-order chi connectivity index (χ0) is 23.9. The van der Waals surface area contributed by atoms with Crippen molar-refractivity contribution in [2.75, 3.05) is 0 Å². The number of aliphatic carboxylic acids is 1. The third-order valence-corrected chi connectivity index (χ3v) is 11.1. The number of hydrogen-bond acceptors (Lipinski definition) is 5. The molecule has 0 unspecified atom stereocenters. The van der Waals surface area contributed by atoms with E-state index >= 15 is 0 Å². The predicted octanol–water partition coefficient (Wildman–Crippen LogP) is 4.10. The van der Waals surface area contributed by atoms with Crippen LogP contribution in [-0.4, -0.2) is 44.0 Å². The van der Waals surface area contributed by atoms with Gasteiger partial charge in [0.2, 0.25) is 11.4 Å². The summed E-state index contributed by atoms with van der Waals surface area (Å²) >= 11 is 3.83. The van der Waals surface area contributed by atoms with Gasteiger partial charge < -0.3 is 14.9 Å². The van der Waals surface area contributed by atoms with Crippen LogP contribution in [0.2, 0.25) is 0 Å². The zero-order valence-corrected chi connectivity index (χ0v) is 20.4. The van der Waals surface area contributed by atoms with E-state index in [-0.39, 0.29) is 24.7 Å². The summed E-state index contributed by atoms with van der Waals surface area (Å²) < 4.78 is 19.6. The second-order valence-electron chi connectivity index (χ2n) is 10.4. The Morgan fingerprint density at radius 2 is 1.97 bits per heavy atom. The van der Waals surface area contributed by atoms with Crippen molar-refractivity contribution in [3.05, 3.63) is 23.6 Å². The maximum absolute atomic E-state index is 14.9. The summed E-state index contributed by atoms with van der Waals surface area (Å²) in [6.07, 6.45) is 3.33. The molecule has 3 saturated carbocycles. The average Bonchev–Trinajstić information content (AvgIpc) is 2.94. The lowest BCUT2D eigenvalue weighted by Crippen LogP contribution is -2.69. The third-order valence-electron chi connectivity index (χ3n) is 9.15. The highest BCUT2D eigenvalue weighted by Gasteiger charge is 2.76. The van der Waals surface area contributed by atoms with Crippen LogP contribution in [0.5, 0.6) is 0 Å². The number of alkyl halides is 1. The minimum atomic E-state index is -1.75. The lowest BCUT2D eigenvalue weighted by molar-refractivity contribution is -0.212. The first-order valence-electron chi connectivity index (χ1n) is 11.3. The zero-order valence-electron chi connectivity index (χ0n) is 18.8. The number of carbonyl (C=O) groups is 3. The molecular formula is C24H30BrFO6. The van der Waals surface area contributed by atoms with Gasteiger partial charge in [-0.15, -0.1) is 0 Å². The molecule has 0 aromatic carbocycles. The molecule has 2 N–H and O–H groups in total. The largest absolute Gasteiger partial charge is 0.478 e. The molecule has 3 fully saturated rings. The van der Waals surface area contributed by atoms with Crippen LogP contribution in [0.3, 0.4) is 0 Å². The number of esters is 1. The molecular weight excluding hydrogens is 483 g/mol. The summed E-state index contributed by atoms with van der Waals surface area (Å²) in [6.45, 7) is 7.05. The van der Waals surface area contributed by atoms with E-state index in [2.05, 4.69) is 15.9 Å². The van der Waals surface area contributed by atoms with Gasteiger partial charge in [-0.2, -0.15) is 0 Å². The average molecular weight is 513 g/mol. The number of carboxylic acids is 1. The van der Waals surface area contributed by atoms with Crippen LogP contribution >= 0.6 is 15.9 Å². The van der Waals surface area contributed by atoms with Crippen molar-refractivity contribution < 1.29 is 33.7 Å². The summed E-state index contributed by atoms with van der Waals surface area (Å²) in [7, 11) is 0. The highest BCUT2D eigenvalue weighted by Crippen LogP contribution is 2.72. The Morgan fingerprint density at radius 3 is 2.56 bits per heavy atom. The minimum absolute atomic E-state index is 0.0567. The standard InChI is InChI=1S/C24H30BrFO6/c1-5-18(29)32-24(20(30)31)12(2)10-15-13-6-7-14-19(26)16(27)8-9-21(14,3)23(13,25)17(28)11-22(15,24)4/h8-9,12-13,15,17,28H,5-7,10-11H2,1-4H3,(H,30,31)/t12-,13+,15+,17+,21+,22+,23+,24+/m1/s1. The number of hydrogen-bond donors (Lipinski definition) is 2. The Hall–Kier alpha value is -1.54. The predicted molar refractivity (Wildman–Crippen MR) is 118 cm³/mol. The second-order valence-corrected chi connectivity index (χ2v) is 11.7. The van der Waals surface area contributed by atoms with Gasteiger partial charge in [0.15, 0.2) is 5.83 Å². The number of allylic oxidation sites excluding steroid dienone is 4. The monoisotopic (exact) mass is 512 g/mol. The van der Waals surface area contributed by atoms with Gasteiger partial charge >= 0.3 is 11.9 Å². The number of carboxylic acid groups (broad SMARTS) is 1. The molecule has 6 nitrogen and oxygen atoms in total. The lowest BCUT2D eigenvalue weighted by Gasteiger charge is -2.64. The van der Waals surface area contributed by atoms with E-state index in [1.165, 1.54) is 6.08 Å². The molecule has 0 amide bonds. The molecule has 0 aromatic rings. The SMILES string of the molecule is CCC(=O)O[C@]1(C(=O)O)[C@H](C)C[C@H]2[C@@H]3CCC4=C(F)C(=O)C=C[C@]4(C)[C@@]3(Br)[C@@H](O)C[C@@]21C. The summed E-state index contributed by atoms with van der Waals surface area (Å²) in [6, 6.07) is 0. The van der Waals surface area contributed by atoms with E-state index in [1.807, 2.05) is 13.8 Å². The molecule has 8 atom stereocenters. The molecule has 0 spiro atoms. The number of fused-ring (bicyclic) bond motifs is 5. The number of halogens is 2. The number of rotatable bonds is 3. The normalized spacial score (nSPS) is 47.5. The maximum Gasteiger partial charge on any atom is 0.349 e. The highest BCUT2D eigenvalue weighted by atomic mass is 79.9. The fourth-order valence-corrected chi connectivity index (χ4v) is 8.66. The Balaban J connectivity index is 1.86. The smallest absolute Gasteiger partial charge is 0.349 e. The van der Waals surface area contributed by atoms with Gasteiger partial charge in [0, 0.05) is 23.2 Å². The van der Waals surface area contributed by atoms with E-state index in [4.69, 9.17) is 4.74 Å². The maximum atomic E-state index is 14.9. The molecule has 8 heteroatoms. The second kappa shape index (κ2) is 7.23. The number of ketones is 1. The first kappa shape index (κ1) is 23.6. The molecule has 0 heterocycles. The molecule has 176 valence electrons. The van der Waals surface area contributed by atoms with E-state index in [0.717, 1.165) is 0 Å². The third kappa shape index (κ3) is 2.57. The van der Waals surface area contributed by atoms with Crippen LogP contribution < -0.4 is 0 Å². The minimum Gasteiger partial charge on any atom is -0.478 e. The Labute approximate surface area is 195 Å². The van der Waals surface area contributed by atoms with Crippen LogP contribution in [0.15, 0.2) is 23.6 Å². The molecule has 4 rings (SSSR count). The number of aliphatic hydroxyl groups excluding tert-OH is 1. The molecule has 32 heavy (non-hydrogen) atoms. The van der Waals surface area contributed by atoms with Gasteiger partial charge in [0.1, 0.15) is 0 Å². The molecule has 0 saturated heterocycles. The van der Waals surface area contributed by atoms with Gasteiger partial charge in [0.05, 0.1) is 10.4 Å². The van der Waals surface area contributed by atoms with Crippen LogP contribution in [-0.2, 0) is 19.1 Å². The van der Waals surface area contributed by atoms with Crippen molar-refractivity contribution in [2.45, 2.75) is 75.8 Å². The summed E-state index contributed by atoms with van der Waals surface area (Å²) in [4.78, 5) is 37.0. The Bertz CT molecular complexity index is 960. The summed E-state index contributed by atoms with van der Waals surface area (Å²) in [5, 5.41) is 21.9.